The first-order valence-corrected chi connectivity index (χ1v) is 6.47. The van der Waals surface area contributed by atoms with Crippen LogP contribution in [0.25, 0.3) is 0 Å². The molecule has 0 spiro atoms. The highest BCUT2D eigenvalue weighted by molar-refractivity contribution is 9.10. The van der Waals surface area contributed by atoms with Gasteiger partial charge in [0, 0.05) is 22.1 Å². The van der Waals surface area contributed by atoms with Crippen molar-refractivity contribution in [2.45, 2.75) is 6.92 Å². The Morgan fingerprint density at radius 2 is 2.11 bits per heavy atom. The van der Waals surface area contributed by atoms with Gasteiger partial charge in [-0.05, 0) is 53.2 Å². The maximum atomic E-state index is 12.2. The van der Waals surface area contributed by atoms with Crippen LogP contribution in [0.15, 0.2) is 41.0 Å². The van der Waals surface area contributed by atoms with E-state index in [-0.39, 0.29) is 5.91 Å². The highest BCUT2D eigenvalue weighted by Gasteiger charge is 2.11. The Hall–Kier alpha value is -1.88. The lowest BCUT2D eigenvalue weighted by Gasteiger charge is -2.09. The third kappa shape index (κ3) is 3.32. The Morgan fingerprint density at radius 1 is 1.32 bits per heavy atom. The molecule has 2 rings (SSSR count). The third-order valence-electron chi connectivity index (χ3n) is 2.57. The second-order valence-electron chi connectivity index (χ2n) is 3.99. The molecule has 1 N–H and O–H groups in total. The molecule has 0 radical (unpaired) electrons. The van der Waals surface area contributed by atoms with Crippen molar-refractivity contribution in [1.82, 2.24) is 4.98 Å². The molecule has 0 saturated carbocycles. The molecule has 1 heterocycles. The van der Waals surface area contributed by atoms with Crippen LogP contribution < -0.4 is 10.1 Å². The zero-order chi connectivity index (χ0) is 13.8. The van der Waals surface area contributed by atoms with E-state index in [1.807, 2.05) is 13.0 Å². The Balaban J connectivity index is 2.25. The summed E-state index contributed by atoms with van der Waals surface area (Å²) in [7, 11) is 1.57. The lowest BCUT2D eigenvalue weighted by atomic mass is 10.2. The van der Waals surface area contributed by atoms with Crippen molar-refractivity contribution in [3.05, 3.63) is 52.3 Å². The van der Waals surface area contributed by atoms with Gasteiger partial charge in [-0.3, -0.25) is 9.78 Å². The molecule has 0 bridgehead atoms. The Kier molecular flexibility index (Phi) is 4.16. The molecule has 0 saturated heterocycles. The number of halogens is 1. The number of rotatable bonds is 3. The number of anilines is 1. The number of nitrogens with zero attached hydrogens (tertiary/aromatic N) is 1. The van der Waals surface area contributed by atoms with E-state index in [1.54, 1.807) is 37.6 Å². The van der Waals surface area contributed by atoms with Crippen LogP contribution in [0, 0.1) is 6.92 Å². The number of methoxy groups -OCH3 is 1. The number of ether oxygens (including phenoxy) is 1. The standard InChI is InChI=1S/C14H13BrN2O2/c1-9-7-10(5-6-16-9)17-14(18)12-8-11(19-2)3-4-13(12)15/h3-8H,1-2H3,(H,16,17,18). The van der Waals surface area contributed by atoms with Gasteiger partial charge in [0.25, 0.3) is 5.91 Å². The van der Waals surface area contributed by atoms with Gasteiger partial charge >= 0.3 is 0 Å². The SMILES string of the molecule is COc1ccc(Br)c(C(=O)Nc2ccnc(C)c2)c1. The Labute approximate surface area is 119 Å². The third-order valence-corrected chi connectivity index (χ3v) is 3.26. The summed E-state index contributed by atoms with van der Waals surface area (Å²) in [4.78, 5) is 16.3. The fourth-order valence-corrected chi connectivity index (χ4v) is 2.05. The molecule has 1 aromatic heterocycles. The lowest BCUT2D eigenvalue weighted by molar-refractivity contribution is 0.102. The molecule has 2 aromatic rings. The highest BCUT2D eigenvalue weighted by atomic mass is 79.9. The number of benzene rings is 1. The monoisotopic (exact) mass is 320 g/mol. The smallest absolute Gasteiger partial charge is 0.256 e. The van der Waals surface area contributed by atoms with E-state index in [4.69, 9.17) is 4.74 Å². The molecule has 19 heavy (non-hydrogen) atoms. The number of aryl methyl sites for hydroxylation is 1. The van der Waals surface area contributed by atoms with Gasteiger partial charge < -0.3 is 10.1 Å². The van der Waals surface area contributed by atoms with E-state index in [1.165, 1.54) is 0 Å². The number of carbonyl (C=O) groups excluding carboxylic acids is 1. The average molecular weight is 321 g/mol. The van der Waals surface area contributed by atoms with Gasteiger partial charge in [-0.15, -0.1) is 0 Å². The number of hydrogen-bond donors (Lipinski definition) is 1. The summed E-state index contributed by atoms with van der Waals surface area (Å²) in [5, 5.41) is 2.83. The van der Waals surface area contributed by atoms with E-state index in [2.05, 4.69) is 26.2 Å². The fraction of sp³-hybridized carbons (Fsp3) is 0.143. The van der Waals surface area contributed by atoms with E-state index in [0.717, 1.165) is 10.2 Å². The Bertz CT molecular complexity index is 614. The van der Waals surface area contributed by atoms with Crippen LogP contribution in [0.3, 0.4) is 0 Å². The van der Waals surface area contributed by atoms with Crippen molar-refractivity contribution < 1.29 is 9.53 Å². The molecule has 1 aromatic carbocycles. The van der Waals surface area contributed by atoms with Crippen LogP contribution in [0.4, 0.5) is 5.69 Å². The molecule has 5 heteroatoms. The minimum absolute atomic E-state index is 0.198. The number of nitrogens with one attached hydrogen (secondary N) is 1. The summed E-state index contributed by atoms with van der Waals surface area (Å²) < 4.78 is 5.84. The molecule has 98 valence electrons. The van der Waals surface area contributed by atoms with Crippen molar-refractivity contribution in [2.75, 3.05) is 12.4 Å². The molecular weight excluding hydrogens is 308 g/mol. The lowest BCUT2D eigenvalue weighted by Crippen LogP contribution is -2.13. The van der Waals surface area contributed by atoms with Crippen molar-refractivity contribution >= 4 is 27.5 Å². The van der Waals surface area contributed by atoms with E-state index in [9.17, 15) is 4.79 Å². The van der Waals surface area contributed by atoms with Crippen molar-refractivity contribution in [3.63, 3.8) is 0 Å². The number of pyridine rings is 1. The van der Waals surface area contributed by atoms with Gasteiger partial charge in [0.1, 0.15) is 5.75 Å². The predicted octanol–water partition coefficient (Wildman–Crippen LogP) is 3.41. The van der Waals surface area contributed by atoms with Gasteiger partial charge in [0.05, 0.1) is 12.7 Å². The maximum Gasteiger partial charge on any atom is 0.256 e. The molecule has 4 nitrogen and oxygen atoms in total. The molecule has 0 aliphatic rings. The summed E-state index contributed by atoms with van der Waals surface area (Å²) in [6.07, 6.45) is 1.66. The number of carbonyl (C=O) groups is 1. The summed E-state index contributed by atoms with van der Waals surface area (Å²) in [6, 6.07) is 8.82. The van der Waals surface area contributed by atoms with E-state index < -0.39 is 0 Å². The largest absolute Gasteiger partial charge is 0.497 e. The summed E-state index contributed by atoms with van der Waals surface area (Å²) in [5.41, 5.74) is 2.09. The average Bonchev–Trinajstić information content (AvgIpc) is 2.39. The number of hydrogen-bond acceptors (Lipinski definition) is 3. The van der Waals surface area contributed by atoms with Crippen molar-refractivity contribution in [2.24, 2.45) is 0 Å². The number of aromatic nitrogens is 1. The van der Waals surface area contributed by atoms with Crippen LogP contribution >= 0.6 is 15.9 Å². The van der Waals surface area contributed by atoms with E-state index >= 15 is 0 Å². The predicted molar refractivity (Wildman–Crippen MR) is 77.6 cm³/mol. The Morgan fingerprint density at radius 3 is 2.79 bits per heavy atom. The molecule has 1 amide bonds. The molecule has 0 aliphatic carbocycles. The second kappa shape index (κ2) is 5.84. The van der Waals surface area contributed by atoms with Crippen molar-refractivity contribution in [3.8, 4) is 5.75 Å². The normalized spacial score (nSPS) is 10.1. The van der Waals surface area contributed by atoms with Gasteiger partial charge in [-0.1, -0.05) is 0 Å². The zero-order valence-electron chi connectivity index (χ0n) is 10.6. The highest BCUT2D eigenvalue weighted by Crippen LogP contribution is 2.23. The number of amides is 1. The first-order valence-electron chi connectivity index (χ1n) is 5.67. The van der Waals surface area contributed by atoms with Crippen molar-refractivity contribution in [1.29, 1.82) is 0 Å². The van der Waals surface area contributed by atoms with Crippen LogP contribution in [0.1, 0.15) is 16.1 Å². The first kappa shape index (κ1) is 13.5. The maximum absolute atomic E-state index is 12.2. The summed E-state index contributed by atoms with van der Waals surface area (Å²) in [6.45, 7) is 1.87. The van der Waals surface area contributed by atoms with Gasteiger partial charge in [0.15, 0.2) is 0 Å². The minimum Gasteiger partial charge on any atom is -0.497 e. The van der Waals surface area contributed by atoms with Gasteiger partial charge in [-0.2, -0.15) is 0 Å². The molecule has 0 atom stereocenters. The molecule has 0 unspecified atom stereocenters. The van der Waals surface area contributed by atoms with E-state index in [0.29, 0.717) is 17.0 Å². The first-order chi connectivity index (χ1) is 9.10. The summed E-state index contributed by atoms with van der Waals surface area (Å²) in [5.74, 6) is 0.440. The van der Waals surface area contributed by atoms with Crippen LogP contribution in [0.5, 0.6) is 5.75 Å². The topological polar surface area (TPSA) is 51.2 Å². The van der Waals surface area contributed by atoms with Gasteiger partial charge in [0.2, 0.25) is 0 Å². The zero-order valence-corrected chi connectivity index (χ0v) is 12.2. The second-order valence-corrected chi connectivity index (χ2v) is 4.84. The molecule has 0 fully saturated rings. The van der Waals surface area contributed by atoms with Crippen LogP contribution in [-0.2, 0) is 0 Å². The fourth-order valence-electron chi connectivity index (χ4n) is 1.63. The quantitative estimate of drug-likeness (QED) is 0.942. The molecule has 0 aliphatic heterocycles. The molecular formula is C14H13BrN2O2. The summed E-state index contributed by atoms with van der Waals surface area (Å²) >= 11 is 3.36. The minimum atomic E-state index is -0.198. The van der Waals surface area contributed by atoms with Gasteiger partial charge in [-0.25, -0.2) is 0 Å². The van der Waals surface area contributed by atoms with Crippen LogP contribution in [-0.4, -0.2) is 18.0 Å². The van der Waals surface area contributed by atoms with Crippen LogP contribution in [0.2, 0.25) is 0 Å².